The number of aryl methyl sites for hydroxylation is 1. The second kappa shape index (κ2) is 5.99. The van der Waals surface area contributed by atoms with Crippen molar-refractivity contribution in [1.29, 1.82) is 0 Å². The molecule has 3 nitrogen and oxygen atoms in total. The van der Waals surface area contributed by atoms with E-state index in [-0.39, 0.29) is 11.5 Å². The summed E-state index contributed by atoms with van der Waals surface area (Å²) in [5.74, 6) is 0. The highest BCUT2D eigenvalue weighted by atomic mass is 127. The van der Waals surface area contributed by atoms with Crippen LogP contribution in [-0.2, 0) is 10.0 Å². The first-order chi connectivity index (χ1) is 9.55. The first-order valence-corrected chi connectivity index (χ1v) is 10.3. The Hall–Kier alpha value is 0.170. The number of hydrogen-bond acceptors (Lipinski definition) is 2. The van der Waals surface area contributed by atoms with Crippen LogP contribution >= 0.6 is 45.2 Å². The van der Waals surface area contributed by atoms with E-state index in [4.69, 9.17) is 0 Å². The van der Waals surface area contributed by atoms with E-state index in [0.29, 0.717) is 4.90 Å². The zero-order valence-corrected chi connectivity index (χ0v) is 17.7. The van der Waals surface area contributed by atoms with Gasteiger partial charge in [0, 0.05) is 10.0 Å². The van der Waals surface area contributed by atoms with Crippen molar-refractivity contribution in [3.63, 3.8) is 0 Å². The Balaban J connectivity index is 2.53. The van der Waals surface area contributed by atoms with Crippen LogP contribution in [0.15, 0.2) is 36.4 Å². The van der Waals surface area contributed by atoms with E-state index in [1.165, 1.54) is 0 Å². The zero-order chi connectivity index (χ0) is 16.0. The maximum absolute atomic E-state index is 13.0. The molecule has 0 radical (unpaired) electrons. The van der Waals surface area contributed by atoms with Gasteiger partial charge in [-0.25, -0.2) is 8.42 Å². The fourth-order valence-electron chi connectivity index (χ4n) is 2.35. The summed E-state index contributed by atoms with van der Waals surface area (Å²) in [5, 5.41) is 0. The summed E-state index contributed by atoms with van der Waals surface area (Å²) in [6, 6.07) is 7.04. The average molecular weight is 531 g/mol. The molecule has 0 fully saturated rings. The van der Waals surface area contributed by atoms with Crippen LogP contribution in [0.1, 0.15) is 32.8 Å². The lowest BCUT2D eigenvalue weighted by Crippen LogP contribution is -2.42. The normalized spacial score (nSPS) is 20.3. The lowest BCUT2D eigenvalue weighted by molar-refractivity contribution is 0.229. The minimum Gasteiger partial charge on any atom is -0.256 e. The van der Waals surface area contributed by atoms with Gasteiger partial charge in [-0.15, -0.1) is 0 Å². The predicted molar refractivity (Wildman–Crippen MR) is 103 cm³/mol. The highest BCUT2D eigenvalue weighted by Gasteiger charge is 2.44. The fourth-order valence-corrected chi connectivity index (χ4v) is 6.28. The molecule has 6 heteroatoms. The van der Waals surface area contributed by atoms with Crippen LogP contribution in [0, 0.1) is 12.3 Å². The van der Waals surface area contributed by atoms with Crippen LogP contribution in [0.25, 0.3) is 0 Å². The lowest BCUT2D eigenvalue weighted by atomic mass is 9.86. The molecule has 0 amide bonds. The number of hydrogen-bond donors (Lipinski definition) is 0. The Kier molecular flexibility index (Phi) is 5.00. The zero-order valence-electron chi connectivity index (χ0n) is 12.5. The average Bonchev–Trinajstić information content (AvgIpc) is 2.67. The molecule has 1 aromatic rings. The second-order valence-electron chi connectivity index (χ2n) is 6.40. The number of rotatable bonds is 2. The maximum Gasteiger partial charge on any atom is 0.264 e. The van der Waals surface area contributed by atoms with Gasteiger partial charge in [-0.05, 0) is 69.7 Å². The van der Waals surface area contributed by atoms with E-state index in [2.05, 4.69) is 66.0 Å². The summed E-state index contributed by atoms with van der Waals surface area (Å²) in [6.45, 7) is 8.23. The topological polar surface area (TPSA) is 37.4 Å². The summed E-state index contributed by atoms with van der Waals surface area (Å²) in [4.78, 5) is 0.364. The Labute approximate surface area is 154 Å². The Morgan fingerprint density at radius 1 is 1.14 bits per heavy atom. The van der Waals surface area contributed by atoms with Crippen molar-refractivity contribution in [3.05, 3.63) is 37.1 Å². The molecular formula is C15H19I2NO2S. The third-order valence-electron chi connectivity index (χ3n) is 3.65. The van der Waals surface area contributed by atoms with Gasteiger partial charge in [0.25, 0.3) is 10.0 Å². The van der Waals surface area contributed by atoms with Crippen molar-refractivity contribution in [2.75, 3.05) is 0 Å². The smallest absolute Gasteiger partial charge is 0.256 e. The van der Waals surface area contributed by atoms with Crippen LogP contribution in [0.3, 0.4) is 0 Å². The van der Waals surface area contributed by atoms with Crippen molar-refractivity contribution in [2.24, 2.45) is 5.41 Å². The number of halogens is 2. The maximum atomic E-state index is 13.0. The van der Waals surface area contributed by atoms with Gasteiger partial charge >= 0.3 is 0 Å². The van der Waals surface area contributed by atoms with Crippen LogP contribution < -0.4 is 0 Å². The third-order valence-corrected chi connectivity index (χ3v) is 8.95. The summed E-state index contributed by atoms with van der Waals surface area (Å²) in [6.07, 6.45) is 0.785. The van der Waals surface area contributed by atoms with Crippen molar-refractivity contribution in [1.82, 2.24) is 4.31 Å². The number of sulfonamides is 1. The van der Waals surface area contributed by atoms with Gasteiger partial charge in [-0.1, -0.05) is 38.5 Å². The highest BCUT2D eigenvalue weighted by Crippen LogP contribution is 2.46. The van der Waals surface area contributed by atoms with Gasteiger partial charge in [-0.2, -0.15) is 0 Å². The molecule has 1 aromatic carbocycles. The van der Waals surface area contributed by atoms with Gasteiger partial charge in [-0.3, -0.25) is 4.31 Å². The molecule has 1 aliphatic rings. The monoisotopic (exact) mass is 531 g/mol. The molecular weight excluding hydrogens is 512 g/mol. The summed E-state index contributed by atoms with van der Waals surface area (Å²) >= 11 is 4.41. The Morgan fingerprint density at radius 2 is 1.67 bits per heavy atom. The van der Waals surface area contributed by atoms with Gasteiger partial charge in [0.05, 0.1) is 14.6 Å². The van der Waals surface area contributed by atoms with Crippen LogP contribution in [0.4, 0.5) is 0 Å². The highest BCUT2D eigenvalue weighted by molar-refractivity contribution is 14.1. The molecule has 0 saturated carbocycles. The minimum atomic E-state index is -3.51. The molecule has 0 bridgehead atoms. The largest absolute Gasteiger partial charge is 0.264 e. The Bertz CT molecular complexity index is 673. The van der Waals surface area contributed by atoms with Gasteiger partial charge in [0.2, 0.25) is 0 Å². The van der Waals surface area contributed by atoms with Crippen LogP contribution in [-0.4, -0.2) is 18.8 Å². The quantitative estimate of drug-likeness (QED) is 0.405. The van der Waals surface area contributed by atoms with Gasteiger partial charge in [0.1, 0.15) is 0 Å². The number of nitrogens with zero attached hydrogens (tertiary/aromatic N) is 1. The second-order valence-corrected chi connectivity index (χ2v) is 10.5. The first-order valence-electron chi connectivity index (χ1n) is 6.70. The van der Waals surface area contributed by atoms with E-state index < -0.39 is 10.0 Å². The van der Waals surface area contributed by atoms with E-state index in [1.807, 2.05) is 19.1 Å². The van der Waals surface area contributed by atoms with E-state index >= 15 is 0 Å². The molecule has 0 saturated heterocycles. The first kappa shape index (κ1) is 17.5. The molecule has 2 rings (SSSR count). The van der Waals surface area contributed by atoms with E-state index in [1.54, 1.807) is 16.4 Å². The van der Waals surface area contributed by atoms with Crippen molar-refractivity contribution in [2.45, 2.75) is 45.1 Å². The van der Waals surface area contributed by atoms with E-state index in [0.717, 1.165) is 19.3 Å². The molecule has 116 valence electrons. The molecule has 1 atom stereocenters. The van der Waals surface area contributed by atoms with E-state index in [9.17, 15) is 8.42 Å². The summed E-state index contributed by atoms with van der Waals surface area (Å²) in [7, 11) is -3.51. The SMILES string of the molecule is Cc1ccc(S(=O)(=O)N2C(I)=C(I)C[C@@H]2C(C)(C)C)cc1. The van der Waals surface area contributed by atoms with Crippen molar-refractivity contribution >= 4 is 55.2 Å². The predicted octanol–water partition coefficient (Wildman–Crippen LogP) is 4.84. The molecule has 0 spiro atoms. The van der Waals surface area contributed by atoms with Crippen molar-refractivity contribution < 1.29 is 8.42 Å². The molecule has 21 heavy (non-hydrogen) atoms. The van der Waals surface area contributed by atoms with Crippen LogP contribution in [0.5, 0.6) is 0 Å². The minimum absolute atomic E-state index is 0.0393. The Morgan fingerprint density at radius 3 is 2.14 bits per heavy atom. The third kappa shape index (κ3) is 3.41. The molecule has 0 N–H and O–H groups in total. The molecule has 0 aliphatic carbocycles. The fraction of sp³-hybridized carbons (Fsp3) is 0.467. The van der Waals surface area contributed by atoms with Crippen molar-refractivity contribution in [3.8, 4) is 0 Å². The molecule has 1 heterocycles. The van der Waals surface area contributed by atoms with Gasteiger partial charge < -0.3 is 0 Å². The van der Waals surface area contributed by atoms with Gasteiger partial charge in [0.15, 0.2) is 0 Å². The molecule has 1 aliphatic heterocycles. The standard InChI is InChI=1S/C15H19I2NO2S/c1-10-5-7-11(8-6-10)21(19,20)18-13(15(2,3)4)9-12(16)14(18)17/h5-8,13H,9H2,1-4H3/t13-/m1/s1. The molecule has 0 unspecified atom stereocenters. The summed E-state index contributed by atoms with van der Waals surface area (Å²) in [5.41, 5.74) is 0.948. The molecule has 0 aromatic heterocycles. The summed E-state index contributed by atoms with van der Waals surface area (Å²) < 4.78 is 29.6. The lowest BCUT2D eigenvalue weighted by Gasteiger charge is -2.36. The number of benzene rings is 1. The van der Waals surface area contributed by atoms with Crippen LogP contribution in [0.2, 0.25) is 0 Å².